The van der Waals surface area contributed by atoms with Crippen molar-refractivity contribution >= 4 is 17.9 Å². The van der Waals surface area contributed by atoms with E-state index < -0.39 is 35.5 Å². The standard InChI is InChI=1S/C15H22O6/c1-5-12(16)21-15(4,6-2)9-10(3)13(17)20-11-7-8-19-14(11)18/h5,10-11H,1,6-9H2,2-4H3. The van der Waals surface area contributed by atoms with Crippen LogP contribution in [-0.2, 0) is 28.6 Å². The van der Waals surface area contributed by atoms with E-state index in [1.54, 1.807) is 13.8 Å². The van der Waals surface area contributed by atoms with E-state index in [9.17, 15) is 14.4 Å². The highest BCUT2D eigenvalue weighted by Crippen LogP contribution is 2.26. The smallest absolute Gasteiger partial charge is 0.347 e. The molecular formula is C15H22O6. The highest BCUT2D eigenvalue weighted by molar-refractivity contribution is 5.82. The zero-order valence-electron chi connectivity index (χ0n) is 12.7. The van der Waals surface area contributed by atoms with Gasteiger partial charge >= 0.3 is 17.9 Å². The highest BCUT2D eigenvalue weighted by Gasteiger charge is 2.35. The van der Waals surface area contributed by atoms with Crippen LogP contribution in [0.15, 0.2) is 12.7 Å². The molecule has 118 valence electrons. The average Bonchev–Trinajstić information content (AvgIpc) is 2.83. The lowest BCUT2D eigenvalue weighted by molar-refractivity contribution is -0.167. The van der Waals surface area contributed by atoms with Gasteiger partial charge in [0.2, 0.25) is 6.10 Å². The van der Waals surface area contributed by atoms with Crippen LogP contribution < -0.4 is 0 Å². The zero-order valence-corrected chi connectivity index (χ0v) is 12.7. The molecule has 1 saturated heterocycles. The fraction of sp³-hybridized carbons (Fsp3) is 0.667. The summed E-state index contributed by atoms with van der Waals surface area (Å²) < 4.78 is 15.2. The maximum absolute atomic E-state index is 12.0. The quantitative estimate of drug-likeness (QED) is 0.405. The maximum atomic E-state index is 12.0. The van der Waals surface area contributed by atoms with E-state index in [4.69, 9.17) is 14.2 Å². The molecule has 1 fully saturated rings. The Labute approximate surface area is 124 Å². The van der Waals surface area contributed by atoms with Gasteiger partial charge in [-0.25, -0.2) is 9.59 Å². The molecule has 1 aliphatic heterocycles. The van der Waals surface area contributed by atoms with Crippen LogP contribution in [0.3, 0.4) is 0 Å². The molecule has 0 radical (unpaired) electrons. The van der Waals surface area contributed by atoms with Crippen molar-refractivity contribution in [2.75, 3.05) is 6.61 Å². The van der Waals surface area contributed by atoms with Crippen LogP contribution in [0.5, 0.6) is 0 Å². The van der Waals surface area contributed by atoms with Gasteiger partial charge in [-0.05, 0) is 19.8 Å². The molecule has 0 aliphatic carbocycles. The molecule has 1 rings (SSSR count). The van der Waals surface area contributed by atoms with Crippen LogP contribution in [0.2, 0.25) is 0 Å². The second kappa shape index (κ2) is 7.24. The summed E-state index contributed by atoms with van der Waals surface area (Å²) in [6.45, 7) is 8.92. The number of hydrogen-bond acceptors (Lipinski definition) is 6. The predicted octanol–water partition coefficient (Wildman–Crippen LogP) is 1.77. The molecule has 1 heterocycles. The van der Waals surface area contributed by atoms with E-state index in [-0.39, 0.29) is 6.61 Å². The van der Waals surface area contributed by atoms with Crippen LogP contribution >= 0.6 is 0 Å². The first-order chi connectivity index (χ1) is 9.81. The first kappa shape index (κ1) is 17.2. The number of hydrogen-bond donors (Lipinski definition) is 0. The molecule has 0 N–H and O–H groups in total. The van der Waals surface area contributed by atoms with E-state index in [0.29, 0.717) is 19.3 Å². The normalized spacial score (nSPS) is 21.9. The Morgan fingerprint density at radius 1 is 1.57 bits per heavy atom. The Bertz CT molecular complexity index is 430. The summed E-state index contributed by atoms with van der Waals surface area (Å²) in [5, 5.41) is 0. The van der Waals surface area contributed by atoms with Gasteiger partial charge in [0.1, 0.15) is 5.60 Å². The second-order valence-electron chi connectivity index (χ2n) is 5.42. The number of ether oxygens (including phenoxy) is 3. The third-order valence-corrected chi connectivity index (χ3v) is 3.55. The number of cyclic esters (lactones) is 1. The molecule has 21 heavy (non-hydrogen) atoms. The zero-order chi connectivity index (χ0) is 16.0. The van der Waals surface area contributed by atoms with Crippen molar-refractivity contribution in [3.63, 3.8) is 0 Å². The Balaban J connectivity index is 2.58. The second-order valence-corrected chi connectivity index (χ2v) is 5.42. The monoisotopic (exact) mass is 298 g/mol. The minimum atomic E-state index is -0.816. The van der Waals surface area contributed by atoms with Crippen molar-refractivity contribution in [2.24, 2.45) is 5.92 Å². The Hall–Kier alpha value is -1.85. The van der Waals surface area contributed by atoms with E-state index >= 15 is 0 Å². The van der Waals surface area contributed by atoms with Crippen molar-refractivity contribution in [2.45, 2.75) is 51.7 Å². The van der Waals surface area contributed by atoms with Crippen molar-refractivity contribution in [3.05, 3.63) is 12.7 Å². The molecule has 0 aromatic carbocycles. The van der Waals surface area contributed by atoms with Gasteiger partial charge in [0.05, 0.1) is 12.5 Å². The van der Waals surface area contributed by atoms with Crippen molar-refractivity contribution in [1.82, 2.24) is 0 Å². The van der Waals surface area contributed by atoms with Gasteiger partial charge in [-0.3, -0.25) is 4.79 Å². The molecule has 0 aromatic heterocycles. The summed E-state index contributed by atoms with van der Waals surface area (Å²) in [5.41, 5.74) is -0.778. The molecule has 0 aromatic rings. The molecule has 1 aliphatic rings. The van der Waals surface area contributed by atoms with Gasteiger partial charge in [0, 0.05) is 12.5 Å². The number of carbonyl (C=O) groups is 3. The SMILES string of the molecule is C=CC(=O)OC(C)(CC)CC(C)C(=O)OC1CCOC1=O. The predicted molar refractivity (Wildman–Crippen MR) is 74.2 cm³/mol. The lowest BCUT2D eigenvalue weighted by atomic mass is 9.90. The van der Waals surface area contributed by atoms with Crippen LogP contribution in [0.25, 0.3) is 0 Å². The first-order valence-corrected chi connectivity index (χ1v) is 7.04. The van der Waals surface area contributed by atoms with E-state index in [1.807, 2.05) is 6.92 Å². The number of rotatable bonds is 7. The maximum Gasteiger partial charge on any atom is 0.347 e. The lowest BCUT2D eigenvalue weighted by Gasteiger charge is -2.30. The molecule has 0 spiro atoms. The fourth-order valence-corrected chi connectivity index (χ4v) is 2.11. The van der Waals surface area contributed by atoms with Crippen molar-refractivity contribution in [1.29, 1.82) is 0 Å². The topological polar surface area (TPSA) is 78.9 Å². The molecular weight excluding hydrogens is 276 g/mol. The molecule has 0 bridgehead atoms. The van der Waals surface area contributed by atoms with Gasteiger partial charge in [0.25, 0.3) is 0 Å². The molecule has 0 amide bonds. The van der Waals surface area contributed by atoms with Gasteiger partial charge in [0.15, 0.2) is 0 Å². The summed E-state index contributed by atoms with van der Waals surface area (Å²) in [6, 6.07) is 0. The van der Waals surface area contributed by atoms with E-state index in [2.05, 4.69) is 6.58 Å². The molecule has 6 nitrogen and oxygen atoms in total. The van der Waals surface area contributed by atoms with Crippen LogP contribution in [0, 0.1) is 5.92 Å². The third-order valence-electron chi connectivity index (χ3n) is 3.55. The summed E-state index contributed by atoms with van der Waals surface area (Å²) in [7, 11) is 0. The summed E-state index contributed by atoms with van der Waals surface area (Å²) >= 11 is 0. The number of esters is 3. The van der Waals surface area contributed by atoms with Crippen molar-refractivity contribution < 1.29 is 28.6 Å². The fourth-order valence-electron chi connectivity index (χ4n) is 2.11. The van der Waals surface area contributed by atoms with Crippen LogP contribution in [-0.4, -0.2) is 36.2 Å². The average molecular weight is 298 g/mol. The molecule has 0 saturated carbocycles. The first-order valence-electron chi connectivity index (χ1n) is 7.04. The van der Waals surface area contributed by atoms with Gasteiger partial charge < -0.3 is 14.2 Å². The largest absolute Gasteiger partial charge is 0.463 e. The minimum absolute atomic E-state index is 0.273. The summed E-state index contributed by atoms with van der Waals surface area (Å²) in [6.07, 6.45) is 1.52. The van der Waals surface area contributed by atoms with Gasteiger partial charge in [-0.2, -0.15) is 0 Å². The molecule has 3 atom stereocenters. The Morgan fingerprint density at radius 3 is 2.71 bits per heavy atom. The summed E-state index contributed by atoms with van der Waals surface area (Å²) in [5.74, 6) is -2.03. The van der Waals surface area contributed by atoms with Gasteiger partial charge in [-0.15, -0.1) is 0 Å². The van der Waals surface area contributed by atoms with Crippen LogP contribution in [0.1, 0.15) is 40.0 Å². The number of carbonyl (C=O) groups excluding carboxylic acids is 3. The van der Waals surface area contributed by atoms with Crippen molar-refractivity contribution in [3.8, 4) is 0 Å². The third kappa shape index (κ3) is 4.88. The van der Waals surface area contributed by atoms with Crippen LogP contribution in [0.4, 0.5) is 0 Å². The summed E-state index contributed by atoms with van der Waals surface area (Å²) in [4.78, 5) is 34.6. The highest BCUT2D eigenvalue weighted by atomic mass is 16.6. The van der Waals surface area contributed by atoms with Gasteiger partial charge in [-0.1, -0.05) is 20.4 Å². The van der Waals surface area contributed by atoms with E-state index in [0.717, 1.165) is 6.08 Å². The minimum Gasteiger partial charge on any atom is -0.463 e. The molecule has 3 unspecified atom stereocenters. The lowest BCUT2D eigenvalue weighted by Crippen LogP contribution is -2.36. The Morgan fingerprint density at radius 2 is 2.24 bits per heavy atom. The van der Waals surface area contributed by atoms with E-state index in [1.165, 1.54) is 0 Å². The Kier molecular flexibility index (Phi) is 5.93. The molecule has 6 heteroatoms.